The molecular formula is C11H19I. The highest BCUT2D eigenvalue weighted by molar-refractivity contribution is 14.1. The van der Waals surface area contributed by atoms with E-state index in [1.807, 2.05) is 0 Å². The molecule has 0 aliphatic rings. The third-order valence-corrected chi connectivity index (χ3v) is 2.33. The SMILES string of the molecule is CC/C=C/CC/C(C)=C/CCI. The third kappa shape index (κ3) is 8.31. The Hall–Kier alpha value is 0.210. The van der Waals surface area contributed by atoms with Gasteiger partial charge in [0, 0.05) is 4.43 Å². The first kappa shape index (κ1) is 12.2. The van der Waals surface area contributed by atoms with E-state index in [4.69, 9.17) is 0 Å². The summed E-state index contributed by atoms with van der Waals surface area (Å²) in [6, 6.07) is 0. The summed E-state index contributed by atoms with van der Waals surface area (Å²) >= 11 is 2.41. The maximum atomic E-state index is 2.41. The van der Waals surface area contributed by atoms with Gasteiger partial charge in [-0.3, -0.25) is 0 Å². The van der Waals surface area contributed by atoms with E-state index in [2.05, 4.69) is 54.7 Å². The van der Waals surface area contributed by atoms with Gasteiger partial charge < -0.3 is 0 Å². The van der Waals surface area contributed by atoms with E-state index in [0.29, 0.717) is 0 Å². The van der Waals surface area contributed by atoms with Crippen LogP contribution in [0.1, 0.15) is 39.5 Å². The molecule has 0 fully saturated rings. The summed E-state index contributed by atoms with van der Waals surface area (Å²) < 4.78 is 1.24. The van der Waals surface area contributed by atoms with Crippen LogP contribution in [0.5, 0.6) is 0 Å². The van der Waals surface area contributed by atoms with Crippen LogP contribution in [0.3, 0.4) is 0 Å². The van der Waals surface area contributed by atoms with Gasteiger partial charge in [-0.05, 0) is 32.6 Å². The van der Waals surface area contributed by atoms with Crippen molar-refractivity contribution in [2.45, 2.75) is 39.5 Å². The zero-order chi connectivity index (χ0) is 9.23. The van der Waals surface area contributed by atoms with Gasteiger partial charge in [0.1, 0.15) is 0 Å². The van der Waals surface area contributed by atoms with E-state index in [-0.39, 0.29) is 0 Å². The average molecular weight is 278 g/mol. The van der Waals surface area contributed by atoms with E-state index < -0.39 is 0 Å². The van der Waals surface area contributed by atoms with Gasteiger partial charge in [-0.2, -0.15) is 0 Å². The molecule has 0 bridgehead atoms. The van der Waals surface area contributed by atoms with Crippen molar-refractivity contribution < 1.29 is 0 Å². The minimum absolute atomic E-state index is 1.16. The molecule has 1 heteroatoms. The first-order valence-corrected chi connectivity index (χ1v) is 6.20. The highest BCUT2D eigenvalue weighted by Gasteiger charge is 1.86. The second-order valence-electron chi connectivity index (χ2n) is 2.95. The van der Waals surface area contributed by atoms with Crippen LogP contribution < -0.4 is 0 Å². The first-order chi connectivity index (χ1) is 5.81. The van der Waals surface area contributed by atoms with Crippen LogP contribution in [-0.2, 0) is 0 Å². The van der Waals surface area contributed by atoms with Gasteiger partial charge >= 0.3 is 0 Å². The van der Waals surface area contributed by atoms with Gasteiger partial charge in [0.2, 0.25) is 0 Å². The molecule has 0 saturated carbocycles. The lowest BCUT2D eigenvalue weighted by Gasteiger charge is -1.96. The van der Waals surface area contributed by atoms with E-state index >= 15 is 0 Å². The lowest BCUT2D eigenvalue weighted by Crippen LogP contribution is -1.77. The van der Waals surface area contributed by atoms with Crippen LogP contribution in [0, 0.1) is 0 Å². The lowest BCUT2D eigenvalue weighted by atomic mass is 10.1. The predicted octanol–water partition coefficient (Wildman–Crippen LogP) is 4.50. The molecule has 0 aliphatic carbocycles. The molecule has 0 nitrogen and oxygen atoms in total. The fourth-order valence-electron chi connectivity index (χ4n) is 0.999. The van der Waals surface area contributed by atoms with Crippen molar-refractivity contribution in [1.82, 2.24) is 0 Å². The first-order valence-electron chi connectivity index (χ1n) is 4.67. The van der Waals surface area contributed by atoms with Crippen LogP contribution in [0.4, 0.5) is 0 Å². The van der Waals surface area contributed by atoms with Gasteiger partial charge in [-0.1, -0.05) is 53.3 Å². The number of rotatable bonds is 6. The summed E-state index contributed by atoms with van der Waals surface area (Å²) in [6.07, 6.45) is 11.7. The second kappa shape index (κ2) is 9.30. The summed E-state index contributed by atoms with van der Waals surface area (Å²) in [4.78, 5) is 0. The molecule has 0 aromatic rings. The quantitative estimate of drug-likeness (QED) is 0.381. The molecule has 0 radical (unpaired) electrons. The molecule has 0 spiro atoms. The van der Waals surface area contributed by atoms with Crippen LogP contribution in [-0.4, -0.2) is 4.43 Å². The van der Waals surface area contributed by atoms with Crippen molar-refractivity contribution in [2.24, 2.45) is 0 Å². The number of allylic oxidation sites excluding steroid dienone is 4. The minimum atomic E-state index is 1.16. The molecule has 0 N–H and O–H groups in total. The van der Waals surface area contributed by atoms with Crippen molar-refractivity contribution in [1.29, 1.82) is 0 Å². The van der Waals surface area contributed by atoms with Crippen LogP contribution in [0.25, 0.3) is 0 Å². The number of halogens is 1. The average Bonchev–Trinajstić information content (AvgIpc) is 2.09. The molecule has 12 heavy (non-hydrogen) atoms. The topological polar surface area (TPSA) is 0 Å². The summed E-state index contributed by atoms with van der Waals surface area (Å²) in [5.41, 5.74) is 1.53. The standard InChI is InChI=1S/C11H19I/c1-3-4-5-6-8-11(2)9-7-10-12/h4-5,9H,3,6-8,10H2,1-2H3/b5-4+,11-9+. The summed E-state index contributed by atoms with van der Waals surface area (Å²) in [5, 5.41) is 0. The summed E-state index contributed by atoms with van der Waals surface area (Å²) in [6.45, 7) is 4.40. The van der Waals surface area contributed by atoms with Gasteiger partial charge in [0.25, 0.3) is 0 Å². The van der Waals surface area contributed by atoms with Crippen molar-refractivity contribution in [3.05, 3.63) is 23.8 Å². The Balaban J connectivity index is 3.42. The molecule has 0 aliphatic heterocycles. The monoisotopic (exact) mass is 278 g/mol. The lowest BCUT2D eigenvalue weighted by molar-refractivity contribution is 0.957. The molecule has 0 amide bonds. The molecule has 0 heterocycles. The number of hydrogen-bond acceptors (Lipinski definition) is 0. The molecule has 0 saturated heterocycles. The fourth-order valence-corrected chi connectivity index (χ4v) is 1.31. The predicted molar refractivity (Wildman–Crippen MR) is 65.9 cm³/mol. The second-order valence-corrected chi connectivity index (χ2v) is 4.03. The van der Waals surface area contributed by atoms with Crippen LogP contribution in [0.15, 0.2) is 23.8 Å². The van der Waals surface area contributed by atoms with Crippen LogP contribution in [0.2, 0.25) is 0 Å². The Morgan fingerprint density at radius 3 is 2.58 bits per heavy atom. The largest absolute Gasteiger partial charge is 0.0888 e. The number of hydrogen-bond donors (Lipinski definition) is 0. The van der Waals surface area contributed by atoms with E-state index in [1.165, 1.54) is 29.3 Å². The Bertz CT molecular complexity index is 145. The zero-order valence-electron chi connectivity index (χ0n) is 8.15. The van der Waals surface area contributed by atoms with Crippen molar-refractivity contribution in [3.63, 3.8) is 0 Å². The Kier molecular flexibility index (Phi) is 9.46. The highest BCUT2D eigenvalue weighted by atomic mass is 127. The van der Waals surface area contributed by atoms with Gasteiger partial charge in [-0.15, -0.1) is 0 Å². The molecular weight excluding hydrogens is 259 g/mol. The molecule has 0 aromatic heterocycles. The highest BCUT2D eigenvalue weighted by Crippen LogP contribution is 2.06. The zero-order valence-corrected chi connectivity index (χ0v) is 10.3. The van der Waals surface area contributed by atoms with E-state index in [9.17, 15) is 0 Å². The van der Waals surface area contributed by atoms with E-state index in [1.54, 1.807) is 0 Å². The molecule has 0 aromatic carbocycles. The van der Waals surface area contributed by atoms with Gasteiger partial charge in [0.05, 0.1) is 0 Å². The van der Waals surface area contributed by atoms with E-state index in [0.717, 1.165) is 6.42 Å². The maximum Gasteiger partial charge on any atom is 0.00300 e. The van der Waals surface area contributed by atoms with Crippen molar-refractivity contribution in [2.75, 3.05) is 4.43 Å². The fraction of sp³-hybridized carbons (Fsp3) is 0.636. The van der Waals surface area contributed by atoms with Gasteiger partial charge in [-0.25, -0.2) is 0 Å². The van der Waals surface area contributed by atoms with Crippen molar-refractivity contribution in [3.8, 4) is 0 Å². The molecule has 0 unspecified atom stereocenters. The van der Waals surface area contributed by atoms with Crippen molar-refractivity contribution >= 4 is 22.6 Å². The summed E-state index contributed by atoms with van der Waals surface area (Å²) in [5.74, 6) is 0. The molecule has 70 valence electrons. The smallest absolute Gasteiger partial charge is 0.00300 e. The Morgan fingerprint density at radius 1 is 1.25 bits per heavy atom. The molecule has 0 rings (SSSR count). The normalized spacial score (nSPS) is 12.8. The van der Waals surface area contributed by atoms with Gasteiger partial charge in [0.15, 0.2) is 0 Å². The maximum absolute atomic E-state index is 2.41. The minimum Gasteiger partial charge on any atom is -0.0888 e. The summed E-state index contributed by atoms with van der Waals surface area (Å²) in [7, 11) is 0. The third-order valence-electron chi connectivity index (χ3n) is 1.71. The number of alkyl halides is 1. The Labute approximate surface area is 90.3 Å². The molecule has 0 atom stereocenters. The van der Waals surface area contributed by atoms with Crippen LogP contribution >= 0.6 is 22.6 Å². The Morgan fingerprint density at radius 2 is 2.00 bits per heavy atom.